The van der Waals surface area contributed by atoms with Gasteiger partial charge in [-0.25, -0.2) is 0 Å². The molecule has 1 saturated carbocycles. The van der Waals surface area contributed by atoms with Crippen LogP contribution < -0.4 is 10.6 Å². The van der Waals surface area contributed by atoms with E-state index in [0.717, 1.165) is 17.6 Å². The number of hydrogen-bond acceptors (Lipinski definition) is 2. The zero-order chi connectivity index (χ0) is 13.0. The van der Waals surface area contributed by atoms with Crippen molar-refractivity contribution in [2.24, 2.45) is 5.41 Å². The largest absolute Gasteiger partial charge is 0.351 e. The van der Waals surface area contributed by atoms with Crippen molar-refractivity contribution in [3.8, 4) is 0 Å². The number of halogens is 1. The standard InChI is InChI=1S/C14H19BrN2O/c1-16-9-14(6-3-7-14)10-17-13(18)11-4-2-5-12(15)8-11/h2,4-5,8,16H,3,6-7,9-10H2,1H3,(H,17,18). The number of nitrogens with one attached hydrogen (secondary N) is 2. The van der Waals surface area contributed by atoms with E-state index >= 15 is 0 Å². The summed E-state index contributed by atoms with van der Waals surface area (Å²) in [5.74, 6) is 0.0127. The molecule has 1 aliphatic carbocycles. The number of benzene rings is 1. The van der Waals surface area contributed by atoms with Crippen molar-refractivity contribution in [1.29, 1.82) is 0 Å². The molecule has 0 heterocycles. The highest BCUT2D eigenvalue weighted by atomic mass is 79.9. The third-order valence-corrected chi connectivity index (χ3v) is 4.17. The summed E-state index contributed by atoms with van der Waals surface area (Å²) in [6, 6.07) is 7.49. The Balaban J connectivity index is 1.92. The lowest BCUT2D eigenvalue weighted by atomic mass is 9.68. The predicted molar refractivity (Wildman–Crippen MR) is 76.7 cm³/mol. The minimum Gasteiger partial charge on any atom is -0.351 e. The molecule has 3 nitrogen and oxygen atoms in total. The summed E-state index contributed by atoms with van der Waals surface area (Å²) in [5.41, 5.74) is 0.986. The fourth-order valence-electron chi connectivity index (χ4n) is 2.47. The Bertz CT molecular complexity index is 430. The first kappa shape index (κ1) is 13.6. The van der Waals surface area contributed by atoms with Crippen molar-refractivity contribution < 1.29 is 4.79 Å². The molecule has 0 aromatic heterocycles. The molecule has 1 aromatic rings. The normalized spacial score (nSPS) is 17.0. The Morgan fingerprint density at radius 2 is 2.17 bits per heavy atom. The van der Waals surface area contributed by atoms with Crippen LogP contribution >= 0.6 is 15.9 Å². The van der Waals surface area contributed by atoms with Gasteiger partial charge in [-0.05, 0) is 38.1 Å². The van der Waals surface area contributed by atoms with Crippen molar-refractivity contribution >= 4 is 21.8 Å². The number of rotatable bonds is 5. The van der Waals surface area contributed by atoms with Crippen LogP contribution in [0.15, 0.2) is 28.7 Å². The predicted octanol–water partition coefficient (Wildman–Crippen LogP) is 2.57. The Labute approximate surface area is 116 Å². The molecule has 98 valence electrons. The Hall–Kier alpha value is -0.870. The highest BCUT2D eigenvalue weighted by Crippen LogP contribution is 2.39. The van der Waals surface area contributed by atoms with E-state index in [4.69, 9.17) is 0 Å². The first-order chi connectivity index (χ1) is 8.65. The second-order valence-electron chi connectivity index (χ2n) is 5.08. The van der Waals surface area contributed by atoms with Gasteiger partial charge < -0.3 is 10.6 Å². The van der Waals surface area contributed by atoms with E-state index in [1.54, 1.807) is 0 Å². The summed E-state index contributed by atoms with van der Waals surface area (Å²) in [6.07, 6.45) is 3.67. The smallest absolute Gasteiger partial charge is 0.251 e. The Morgan fingerprint density at radius 1 is 1.39 bits per heavy atom. The molecule has 4 heteroatoms. The molecular formula is C14H19BrN2O. The summed E-state index contributed by atoms with van der Waals surface area (Å²) in [5, 5.41) is 6.28. The molecule has 0 bridgehead atoms. The van der Waals surface area contributed by atoms with Gasteiger partial charge in [0.2, 0.25) is 0 Å². The van der Waals surface area contributed by atoms with Gasteiger partial charge in [0, 0.05) is 28.5 Å². The van der Waals surface area contributed by atoms with E-state index in [9.17, 15) is 4.79 Å². The molecule has 1 aromatic carbocycles. The van der Waals surface area contributed by atoms with E-state index in [0.29, 0.717) is 5.56 Å². The van der Waals surface area contributed by atoms with Gasteiger partial charge in [-0.15, -0.1) is 0 Å². The summed E-state index contributed by atoms with van der Waals surface area (Å²) in [4.78, 5) is 12.0. The zero-order valence-electron chi connectivity index (χ0n) is 10.6. The van der Waals surface area contributed by atoms with Crippen molar-refractivity contribution in [2.45, 2.75) is 19.3 Å². The van der Waals surface area contributed by atoms with Crippen LogP contribution in [0.3, 0.4) is 0 Å². The summed E-state index contributed by atoms with van der Waals surface area (Å²) >= 11 is 3.38. The summed E-state index contributed by atoms with van der Waals surface area (Å²) in [7, 11) is 1.97. The van der Waals surface area contributed by atoms with E-state index < -0.39 is 0 Å². The van der Waals surface area contributed by atoms with Gasteiger partial charge in [-0.3, -0.25) is 4.79 Å². The quantitative estimate of drug-likeness (QED) is 0.877. The number of hydrogen-bond donors (Lipinski definition) is 2. The van der Waals surface area contributed by atoms with Gasteiger partial charge in [0.25, 0.3) is 5.91 Å². The summed E-state index contributed by atoms with van der Waals surface area (Å²) in [6.45, 7) is 1.74. The topological polar surface area (TPSA) is 41.1 Å². The molecule has 1 fully saturated rings. The Kier molecular flexibility index (Phi) is 4.40. The fraction of sp³-hybridized carbons (Fsp3) is 0.500. The molecule has 0 spiro atoms. The van der Waals surface area contributed by atoms with E-state index in [1.807, 2.05) is 31.3 Å². The van der Waals surface area contributed by atoms with Crippen molar-refractivity contribution in [2.75, 3.05) is 20.1 Å². The first-order valence-electron chi connectivity index (χ1n) is 6.34. The van der Waals surface area contributed by atoms with Gasteiger partial charge >= 0.3 is 0 Å². The molecule has 1 aliphatic rings. The minimum atomic E-state index is 0.0127. The lowest BCUT2D eigenvalue weighted by Gasteiger charge is -2.42. The van der Waals surface area contributed by atoms with Gasteiger partial charge in [-0.2, -0.15) is 0 Å². The number of amides is 1. The van der Waals surface area contributed by atoms with E-state index in [-0.39, 0.29) is 11.3 Å². The third-order valence-electron chi connectivity index (χ3n) is 3.68. The van der Waals surface area contributed by atoms with E-state index in [2.05, 4.69) is 26.6 Å². The molecule has 0 radical (unpaired) electrons. The zero-order valence-corrected chi connectivity index (χ0v) is 12.2. The van der Waals surface area contributed by atoms with Gasteiger partial charge in [0.05, 0.1) is 0 Å². The van der Waals surface area contributed by atoms with Crippen LogP contribution in [-0.4, -0.2) is 26.0 Å². The van der Waals surface area contributed by atoms with Crippen LogP contribution in [0.2, 0.25) is 0 Å². The molecule has 2 N–H and O–H groups in total. The second kappa shape index (κ2) is 5.85. The van der Waals surface area contributed by atoms with Crippen LogP contribution in [0.25, 0.3) is 0 Å². The Morgan fingerprint density at radius 3 is 2.72 bits per heavy atom. The molecule has 0 unspecified atom stereocenters. The van der Waals surface area contributed by atoms with Crippen molar-refractivity contribution in [3.63, 3.8) is 0 Å². The van der Waals surface area contributed by atoms with E-state index in [1.165, 1.54) is 19.3 Å². The molecular weight excluding hydrogens is 292 g/mol. The minimum absolute atomic E-state index is 0.0127. The van der Waals surface area contributed by atoms with Gasteiger partial charge in [0.1, 0.15) is 0 Å². The molecule has 0 atom stereocenters. The third kappa shape index (κ3) is 3.12. The molecule has 2 rings (SSSR count). The van der Waals surface area contributed by atoms with Crippen LogP contribution in [-0.2, 0) is 0 Å². The summed E-state index contributed by atoms with van der Waals surface area (Å²) < 4.78 is 0.934. The fourth-order valence-corrected chi connectivity index (χ4v) is 2.87. The maximum atomic E-state index is 12.0. The lowest BCUT2D eigenvalue weighted by Crippen LogP contribution is -2.47. The molecule has 18 heavy (non-hydrogen) atoms. The maximum absolute atomic E-state index is 12.0. The average Bonchev–Trinajstić information content (AvgIpc) is 2.32. The van der Waals surface area contributed by atoms with Gasteiger partial charge in [-0.1, -0.05) is 28.4 Å². The number of carbonyl (C=O) groups is 1. The maximum Gasteiger partial charge on any atom is 0.251 e. The lowest BCUT2D eigenvalue weighted by molar-refractivity contribution is 0.0862. The number of carbonyl (C=O) groups excluding carboxylic acids is 1. The monoisotopic (exact) mass is 310 g/mol. The average molecular weight is 311 g/mol. The molecule has 0 saturated heterocycles. The van der Waals surface area contributed by atoms with Crippen molar-refractivity contribution in [1.82, 2.24) is 10.6 Å². The van der Waals surface area contributed by atoms with Crippen molar-refractivity contribution in [3.05, 3.63) is 34.3 Å². The molecule has 1 amide bonds. The van der Waals surface area contributed by atoms with Crippen LogP contribution in [0.1, 0.15) is 29.6 Å². The van der Waals surface area contributed by atoms with Crippen LogP contribution in [0.4, 0.5) is 0 Å². The van der Waals surface area contributed by atoms with Gasteiger partial charge in [0.15, 0.2) is 0 Å². The first-order valence-corrected chi connectivity index (χ1v) is 7.13. The van der Waals surface area contributed by atoms with Crippen LogP contribution in [0.5, 0.6) is 0 Å². The molecule has 0 aliphatic heterocycles. The second-order valence-corrected chi connectivity index (χ2v) is 5.99. The highest BCUT2D eigenvalue weighted by molar-refractivity contribution is 9.10. The van der Waals surface area contributed by atoms with Crippen LogP contribution in [0, 0.1) is 5.41 Å². The SMILES string of the molecule is CNCC1(CNC(=O)c2cccc(Br)c2)CCC1. The highest BCUT2D eigenvalue weighted by Gasteiger charge is 2.36.